The molecule has 0 aliphatic rings. The van der Waals surface area contributed by atoms with Crippen molar-refractivity contribution in [3.8, 4) is 5.95 Å². The van der Waals surface area contributed by atoms with Gasteiger partial charge in [0.2, 0.25) is 11.7 Å². The van der Waals surface area contributed by atoms with E-state index in [9.17, 15) is 4.79 Å². The second-order valence-corrected chi connectivity index (χ2v) is 6.81. The Bertz CT molecular complexity index is 1080. The van der Waals surface area contributed by atoms with Gasteiger partial charge in [0.1, 0.15) is 0 Å². The number of halogens is 2. The smallest absolute Gasteiger partial charge is 0.234 e. The first-order chi connectivity index (χ1) is 12.1. The minimum absolute atomic E-state index is 0.114. The number of rotatable bonds is 3. The highest BCUT2D eigenvalue weighted by Crippen LogP contribution is 2.27. The molecule has 0 aliphatic heterocycles. The van der Waals surface area contributed by atoms with Gasteiger partial charge in [0.05, 0.1) is 11.2 Å². The number of nitrogens with zero attached hydrogens (tertiary/aromatic N) is 3. The van der Waals surface area contributed by atoms with Gasteiger partial charge in [0.25, 0.3) is 0 Å². The SMILES string of the molecule is O=C(c1ccc(Cl)cc1)c1cc2cc(Br)ccc2n1-c1ncccn1. The summed E-state index contributed by atoms with van der Waals surface area (Å²) < 4.78 is 2.72. The van der Waals surface area contributed by atoms with E-state index in [1.165, 1.54) is 0 Å². The molecule has 0 bridgehead atoms. The number of hydrogen-bond donors (Lipinski definition) is 0. The summed E-state index contributed by atoms with van der Waals surface area (Å²) >= 11 is 9.40. The van der Waals surface area contributed by atoms with Crippen molar-refractivity contribution >= 4 is 44.2 Å². The Morgan fingerprint density at radius 2 is 1.72 bits per heavy atom. The van der Waals surface area contributed by atoms with E-state index in [-0.39, 0.29) is 5.78 Å². The van der Waals surface area contributed by atoms with Gasteiger partial charge in [-0.05, 0) is 54.6 Å². The van der Waals surface area contributed by atoms with Crippen LogP contribution in [0, 0.1) is 0 Å². The van der Waals surface area contributed by atoms with Gasteiger partial charge in [0, 0.05) is 32.8 Å². The molecule has 0 amide bonds. The first-order valence-corrected chi connectivity index (χ1v) is 8.69. The molecule has 4 aromatic rings. The van der Waals surface area contributed by atoms with Crippen LogP contribution in [-0.2, 0) is 0 Å². The van der Waals surface area contributed by atoms with Gasteiger partial charge < -0.3 is 0 Å². The predicted molar refractivity (Wildman–Crippen MR) is 101 cm³/mol. The van der Waals surface area contributed by atoms with Gasteiger partial charge in [-0.25, -0.2) is 9.97 Å². The summed E-state index contributed by atoms with van der Waals surface area (Å²) in [6.45, 7) is 0. The van der Waals surface area contributed by atoms with E-state index in [1.54, 1.807) is 47.3 Å². The maximum absolute atomic E-state index is 13.1. The first kappa shape index (κ1) is 16.0. The van der Waals surface area contributed by atoms with E-state index in [1.807, 2.05) is 24.3 Å². The predicted octanol–water partition coefficient (Wildman–Crippen LogP) is 5.07. The van der Waals surface area contributed by atoms with Crippen molar-refractivity contribution in [3.05, 3.63) is 87.7 Å². The third-order valence-electron chi connectivity index (χ3n) is 3.85. The minimum Gasteiger partial charge on any atom is -0.287 e. The Kier molecular flexibility index (Phi) is 4.11. The van der Waals surface area contributed by atoms with Gasteiger partial charge in [-0.15, -0.1) is 0 Å². The summed E-state index contributed by atoms with van der Waals surface area (Å²) in [5.41, 5.74) is 1.93. The van der Waals surface area contributed by atoms with Crippen LogP contribution in [0.4, 0.5) is 0 Å². The summed E-state index contributed by atoms with van der Waals surface area (Å²) in [5.74, 6) is 0.341. The fourth-order valence-corrected chi connectivity index (χ4v) is 3.23. The molecule has 0 fully saturated rings. The molecule has 0 N–H and O–H groups in total. The van der Waals surface area contributed by atoms with Crippen molar-refractivity contribution in [2.24, 2.45) is 0 Å². The molecule has 0 saturated carbocycles. The van der Waals surface area contributed by atoms with Crippen LogP contribution >= 0.6 is 27.5 Å². The molecule has 2 aromatic carbocycles. The second kappa shape index (κ2) is 6.43. The normalized spacial score (nSPS) is 11.0. The molecule has 0 saturated heterocycles. The highest BCUT2D eigenvalue weighted by molar-refractivity contribution is 9.10. The van der Waals surface area contributed by atoms with E-state index in [4.69, 9.17) is 11.6 Å². The van der Waals surface area contributed by atoms with Crippen molar-refractivity contribution in [1.29, 1.82) is 0 Å². The molecule has 4 nitrogen and oxygen atoms in total. The van der Waals surface area contributed by atoms with E-state index in [0.29, 0.717) is 22.2 Å². The van der Waals surface area contributed by atoms with Crippen LogP contribution < -0.4 is 0 Å². The van der Waals surface area contributed by atoms with Crippen LogP contribution in [0.15, 0.2) is 71.5 Å². The highest BCUT2D eigenvalue weighted by atomic mass is 79.9. The monoisotopic (exact) mass is 411 g/mol. The minimum atomic E-state index is -0.114. The molecule has 25 heavy (non-hydrogen) atoms. The van der Waals surface area contributed by atoms with E-state index in [2.05, 4.69) is 25.9 Å². The molecule has 122 valence electrons. The average Bonchev–Trinajstić information content (AvgIpc) is 3.01. The van der Waals surface area contributed by atoms with Gasteiger partial charge in [-0.3, -0.25) is 9.36 Å². The molecule has 6 heteroatoms. The van der Waals surface area contributed by atoms with Gasteiger partial charge >= 0.3 is 0 Å². The molecule has 0 spiro atoms. The van der Waals surface area contributed by atoms with Gasteiger partial charge in [0.15, 0.2) is 0 Å². The number of aromatic nitrogens is 3. The Morgan fingerprint density at radius 3 is 2.44 bits per heavy atom. The molecule has 2 heterocycles. The molecule has 0 atom stereocenters. The first-order valence-electron chi connectivity index (χ1n) is 7.52. The number of carbonyl (C=O) groups excluding carboxylic acids is 1. The van der Waals surface area contributed by atoms with Gasteiger partial charge in [-0.2, -0.15) is 0 Å². The van der Waals surface area contributed by atoms with Crippen LogP contribution in [0.5, 0.6) is 0 Å². The number of ketones is 1. The van der Waals surface area contributed by atoms with Crippen molar-refractivity contribution < 1.29 is 4.79 Å². The Labute approximate surface area is 157 Å². The lowest BCUT2D eigenvalue weighted by molar-refractivity contribution is 0.103. The lowest BCUT2D eigenvalue weighted by atomic mass is 10.1. The third-order valence-corrected chi connectivity index (χ3v) is 4.60. The van der Waals surface area contributed by atoms with Gasteiger partial charge in [-0.1, -0.05) is 27.5 Å². The number of benzene rings is 2. The fraction of sp³-hybridized carbons (Fsp3) is 0. The molecule has 4 rings (SSSR count). The summed E-state index contributed by atoms with van der Waals surface area (Å²) in [4.78, 5) is 21.7. The lowest BCUT2D eigenvalue weighted by Gasteiger charge is -2.08. The Hall–Kier alpha value is -2.50. The lowest BCUT2D eigenvalue weighted by Crippen LogP contribution is -2.11. The zero-order valence-corrected chi connectivity index (χ0v) is 15.2. The Balaban J connectivity index is 1.96. The molecular formula is C19H11BrClN3O. The number of carbonyl (C=O) groups is 1. The third kappa shape index (κ3) is 2.97. The van der Waals surface area contributed by atoms with Crippen molar-refractivity contribution in [2.75, 3.05) is 0 Å². The quantitative estimate of drug-likeness (QED) is 0.442. The van der Waals surface area contributed by atoms with Crippen molar-refractivity contribution in [3.63, 3.8) is 0 Å². The average molecular weight is 413 g/mol. The van der Waals surface area contributed by atoms with Crippen molar-refractivity contribution in [1.82, 2.24) is 14.5 Å². The highest BCUT2D eigenvalue weighted by Gasteiger charge is 2.19. The number of hydrogen-bond acceptors (Lipinski definition) is 3. The summed E-state index contributed by atoms with van der Waals surface area (Å²) in [5, 5.41) is 1.52. The molecule has 0 unspecified atom stereocenters. The summed E-state index contributed by atoms with van der Waals surface area (Å²) in [6.07, 6.45) is 3.31. The van der Waals surface area contributed by atoms with Crippen LogP contribution in [-0.4, -0.2) is 20.3 Å². The standard InChI is InChI=1S/C19H11BrClN3O/c20-14-4-7-16-13(10-14)11-17(24(16)19-22-8-1-9-23-19)18(25)12-2-5-15(21)6-3-12/h1-11H. The van der Waals surface area contributed by atoms with Crippen LogP contribution in [0.1, 0.15) is 16.1 Å². The van der Waals surface area contributed by atoms with Crippen LogP contribution in [0.25, 0.3) is 16.9 Å². The zero-order chi connectivity index (χ0) is 17.4. The molecule has 0 aliphatic carbocycles. The zero-order valence-electron chi connectivity index (χ0n) is 12.9. The van der Waals surface area contributed by atoms with Crippen molar-refractivity contribution in [2.45, 2.75) is 0 Å². The Morgan fingerprint density at radius 1 is 1.00 bits per heavy atom. The van der Waals surface area contributed by atoms with E-state index < -0.39 is 0 Å². The summed E-state index contributed by atoms with van der Waals surface area (Å²) in [6, 6.07) is 16.3. The van der Waals surface area contributed by atoms with Crippen LogP contribution in [0.3, 0.4) is 0 Å². The maximum Gasteiger partial charge on any atom is 0.234 e. The molecule has 2 aromatic heterocycles. The molecular weight excluding hydrogens is 402 g/mol. The van der Waals surface area contributed by atoms with E-state index >= 15 is 0 Å². The van der Waals surface area contributed by atoms with E-state index in [0.717, 1.165) is 15.4 Å². The fourth-order valence-electron chi connectivity index (χ4n) is 2.72. The second-order valence-electron chi connectivity index (χ2n) is 5.45. The summed E-state index contributed by atoms with van der Waals surface area (Å²) in [7, 11) is 0. The molecule has 0 radical (unpaired) electrons. The number of fused-ring (bicyclic) bond motifs is 1. The largest absolute Gasteiger partial charge is 0.287 e. The maximum atomic E-state index is 13.1. The topological polar surface area (TPSA) is 47.8 Å². The van der Waals surface area contributed by atoms with Crippen LogP contribution in [0.2, 0.25) is 5.02 Å².